The zero-order valence-corrected chi connectivity index (χ0v) is 9.23. The number of benzene rings is 1. The van der Waals surface area contributed by atoms with E-state index in [9.17, 15) is 0 Å². The molecule has 0 bridgehead atoms. The van der Waals surface area contributed by atoms with Gasteiger partial charge in [0.2, 0.25) is 0 Å². The fraction of sp³-hybridized carbons (Fsp3) is 0.429. The topological polar surface area (TPSA) is 3.24 Å². The second-order valence-corrected chi connectivity index (χ2v) is 4.17. The van der Waals surface area contributed by atoms with E-state index >= 15 is 0 Å². The van der Waals surface area contributed by atoms with E-state index in [-0.39, 0.29) is 0 Å². The molecule has 0 unspecified atom stereocenters. The molecule has 1 aliphatic rings. The Kier molecular flexibility index (Phi) is 3.84. The first-order valence-corrected chi connectivity index (χ1v) is 5.90. The molecule has 1 aromatic carbocycles. The van der Waals surface area contributed by atoms with Crippen LogP contribution in [0.25, 0.3) is 0 Å². The van der Waals surface area contributed by atoms with Gasteiger partial charge >= 0.3 is 0 Å². The van der Waals surface area contributed by atoms with E-state index in [1.807, 2.05) is 0 Å². The second kappa shape index (κ2) is 5.59. The van der Waals surface area contributed by atoms with E-state index in [0.717, 1.165) is 6.42 Å². The van der Waals surface area contributed by atoms with Crippen molar-refractivity contribution >= 4 is 0 Å². The Morgan fingerprint density at radius 2 is 1.73 bits per heavy atom. The van der Waals surface area contributed by atoms with E-state index in [1.54, 1.807) is 0 Å². The lowest BCUT2D eigenvalue weighted by Gasteiger charge is -2.24. The summed E-state index contributed by atoms with van der Waals surface area (Å²) in [5.41, 5.74) is 1.39. The third-order valence-corrected chi connectivity index (χ3v) is 2.90. The Hall–Kier alpha value is -1.24. The summed E-state index contributed by atoms with van der Waals surface area (Å²) in [5.74, 6) is 0. The molecule has 0 atom stereocenters. The van der Waals surface area contributed by atoms with Gasteiger partial charge in [0, 0.05) is 13.1 Å². The summed E-state index contributed by atoms with van der Waals surface area (Å²) >= 11 is 0. The van der Waals surface area contributed by atoms with Gasteiger partial charge in [-0.1, -0.05) is 36.4 Å². The first-order valence-electron chi connectivity index (χ1n) is 5.90. The van der Waals surface area contributed by atoms with Crippen LogP contribution in [0.5, 0.6) is 0 Å². The Morgan fingerprint density at radius 3 is 2.47 bits per heavy atom. The summed E-state index contributed by atoms with van der Waals surface area (Å²) in [7, 11) is 0. The minimum absolute atomic E-state index is 1.05. The molecule has 1 saturated heterocycles. The van der Waals surface area contributed by atoms with E-state index in [1.165, 1.54) is 37.9 Å². The van der Waals surface area contributed by atoms with Gasteiger partial charge in [-0.05, 0) is 37.4 Å². The monoisotopic (exact) mass is 201 g/mol. The minimum atomic E-state index is 1.05. The van der Waals surface area contributed by atoms with Crippen molar-refractivity contribution in [3.8, 4) is 0 Å². The lowest BCUT2D eigenvalue weighted by atomic mass is 10.1. The molecule has 1 heterocycles. The average molecular weight is 201 g/mol. The summed E-state index contributed by atoms with van der Waals surface area (Å²) < 4.78 is 0. The first kappa shape index (κ1) is 10.3. The standard InChI is InChI=1S/C14H19N/c1-3-8-14(9-4-1)10-7-13-15-11-5-2-6-12-15/h1,3-4,7-9,13H,2,5-6,10-12H2/b13-7+. The van der Waals surface area contributed by atoms with E-state index in [0.29, 0.717) is 0 Å². The fourth-order valence-electron chi connectivity index (χ4n) is 2.02. The fourth-order valence-corrected chi connectivity index (χ4v) is 2.02. The van der Waals surface area contributed by atoms with Crippen molar-refractivity contribution in [1.82, 2.24) is 4.90 Å². The molecule has 1 nitrogen and oxygen atoms in total. The molecule has 0 amide bonds. The highest BCUT2D eigenvalue weighted by Gasteiger charge is 2.04. The molecule has 2 rings (SSSR count). The third kappa shape index (κ3) is 3.43. The van der Waals surface area contributed by atoms with E-state index in [4.69, 9.17) is 0 Å². The van der Waals surface area contributed by atoms with Crippen molar-refractivity contribution in [2.75, 3.05) is 13.1 Å². The quantitative estimate of drug-likeness (QED) is 0.725. The Bertz CT molecular complexity index is 296. The highest BCUT2D eigenvalue weighted by Crippen LogP contribution is 2.09. The van der Waals surface area contributed by atoms with Gasteiger partial charge in [0.1, 0.15) is 0 Å². The molecule has 0 N–H and O–H groups in total. The van der Waals surface area contributed by atoms with Crippen LogP contribution < -0.4 is 0 Å². The normalized spacial score (nSPS) is 17.2. The SMILES string of the molecule is C(=C\N1CCCCC1)/Cc1ccccc1. The summed E-state index contributed by atoms with van der Waals surface area (Å²) in [6.45, 7) is 2.48. The van der Waals surface area contributed by atoms with E-state index in [2.05, 4.69) is 47.5 Å². The Labute approximate surface area is 92.4 Å². The predicted molar refractivity (Wildman–Crippen MR) is 64.7 cm³/mol. The molecule has 0 saturated carbocycles. The van der Waals surface area contributed by atoms with Crippen LogP contribution in [-0.4, -0.2) is 18.0 Å². The van der Waals surface area contributed by atoms with Gasteiger partial charge in [-0.2, -0.15) is 0 Å². The number of likely N-dealkylation sites (tertiary alicyclic amines) is 1. The second-order valence-electron chi connectivity index (χ2n) is 4.17. The zero-order valence-electron chi connectivity index (χ0n) is 9.23. The maximum Gasteiger partial charge on any atom is 0.0172 e. The highest BCUT2D eigenvalue weighted by atomic mass is 15.1. The van der Waals surface area contributed by atoms with Gasteiger partial charge in [0.05, 0.1) is 0 Å². The number of hydrogen-bond acceptors (Lipinski definition) is 1. The molecule has 1 heteroatoms. The molecular weight excluding hydrogens is 182 g/mol. The summed E-state index contributed by atoms with van der Waals surface area (Å²) in [6.07, 6.45) is 9.72. The number of rotatable bonds is 3. The number of nitrogens with zero attached hydrogens (tertiary/aromatic N) is 1. The van der Waals surface area contributed by atoms with Gasteiger partial charge in [0.25, 0.3) is 0 Å². The smallest absolute Gasteiger partial charge is 0.0172 e. The van der Waals surface area contributed by atoms with Crippen LogP contribution in [0, 0.1) is 0 Å². The van der Waals surface area contributed by atoms with E-state index < -0.39 is 0 Å². The molecule has 1 aromatic rings. The van der Waals surface area contributed by atoms with Crippen LogP contribution in [0.3, 0.4) is 0 Å². The lowest BCUT2D eigenvalue weighted by Crippen LogP contribution is -2.24. The summed E-state index contributed by atoms with van der Waals surface area (Å²) in [4.78, 5) is 2.44. The van der Waals surface area contributed by atoms with Crippen LogP contribution in [0.15, 0.2) is 42.6 Å². The van der Waals surface area contributed by atoms with Gasteiger partial charge in [0.15, 0.2) is 0 Å². The van der Waals surface area contributed by atoms with Crippen molar-refractivity contribution in [2.45, 2.75) is 25.7 Å². The Morgan fingerprint density at radius 1 is 1.00 bits per heavy atom. The predicted octanol–water partition coefficient (Wildman–Crippen LogP) is 3.23. The molecule has 15 heavy (non-hydrogen) atoms. The van der Waals surface area contributed by atoms with Gasteiger partial charge in [-0.25, -0.2) is 0 Å². The van der Waals surface area contributed by atoms with Gasteiger partial charge < -0.3 is 4.90 Å². The summed E-state index contributed by atoms with van der Waals surface area (Å²) in [6, 6.07) is 10.6. The maximum atomic E-state index is 2.44. The molecule has 1 aliphatic heterocycles. The van der Waals surface area contributed by atoms with Crippen LogP contribution in [0.2, 0.25) is 0 Å². The molecule has 1 fully saturated rings. The van der Waals surface area contributed by atoms with Gasteiger partial charge in [-0.3, -0.25) is 0 Å². The molecule has 0 radical (unpaired) electrons. The van der Waals surface area contributed by atoms with Crippen molar-refractivity contribution in [3.63, 3.8) is 0 Å². The zero-order chi connectivity index (χ0) is 10.3. The maximum absolute atomic E-state index is 2.44. The lowest BCUT2D eigenvalue weighted by molar-refractivity contribution is 0.309. The minimum Gasteiger partial charge on any atom is -0.378 e. The number of allylic oxidation sites excluding steroid dienone is 1. The van der Waals surface area contributed by atoms with Crippen molar-refractivity contribution in [3.05, 3.63) is 48.2 Å². The largest absolute Gasteiger partial charge is 0.378 e. The Balaban J connectivity index is 1.79. The third-order valence-electron chi connectivity index (χ3n) is 2.90. The average Bonchev–Trinajstić information content (AvgIpc) is 2.32. The molecule has 0 aliphatic carbocycles. The number of hydrogen-bond donors (Lipinski definition) is 0. The molecule has 0 spiro atoms. The van der Waals surface area contributed by atoms with Crippen LogP contribution in [-0.2, 0) is 6.42 Å². The van der Waals surface area contributed by atoms with Gasteiger partial charge in [-0.15, -0.1) is 0 Å². The van der Waals surface area contributed by atoms with Crippen molar-refractivity contribution in [2.24, 2.45) is 0 Å². The number of piperidine rings is 1. The molecule has 0 aromatic heterocycles. The summed E-state index contributed by atoms with van der Waals surface area (Å²) in [5, 5.41) is 0. The van der Waals surface area contributed by atoms with Crippen molar-refractivity contribution < 1.29 is 0 Å². The highest BCUT2D eigenvalue weighted by molar-refractivity contribution is 5.17. The molecule has 80 valence electrons. The molecular formula is C14H19N. The van der Waals surface area contributed by atoms with Crippen molar-refractivity contribution in [1.29, 1.82) is 0 Å². The van der Waals surface area contributed by atoms with Crippen LogP contribution >= 0.6 is 0 Å². The van der Waals surface area contributed by atoms with Crippen LogP contribution in [0.4, 0.5) is 0 Å². The first-order chi connectivity index (χ1) is 7.45. The van der Waals surface area contributed by atoms with Crippen LogP contribution in [0.1, 0.15) is 24.8 Å².